The summed E-state index contributed by atoms with van der Waals surface area (Å²) in [5.74, 6) is 0.0729. The predicted octanol–water partition coefficient (Wildman–Crippen LogP) is 1.69. The first-order valence-corrected chi connectivity index (χ1v) is 7.16. The zero-order chi connectivity index (χ0) is 14.5. The molecule has 1 aliphatic rings. The van der Waals surface area contributed by atoms with E-state index in [2.05, 4.69) is 0 Å². The van der Waals surface area contributed by atoms with Gasteiger partial charge in [-0.15, -0.1) is 0 Å². The van der Waals surface area contributed by atoms with Crippen LogP contribution in [-0.4, -0.2) is 42.7 Å². The van der Waals surface area contributed by atoms with Gasteiger partial charge in [0.05, 0.1) is 31.5 Å². The molecule has 0 fully saturated rings. The van der Waals surface area contributed by atoms with Gasteiger partial charge in [0.25, 0.3) is 0 Å². The van der Waals surface area contributed by atoms with Crippen molar-refractivity contribution in [1.29, 1.82) is 0 Å². The van der Waals surface area contributed by atoms with Gasteiger partial charge in [-0.3, -0.25) is 0 Å². The molecule has 1 aromatic carbocycles. The van der Waals surface area contributed by atoms with Gasteiger partial charge in [0, 0.05) is 7.11 Å². The Morgan fingerprint density at radius 1 is 1.30 bits per heavy atom. The molecule has 4 unspecified atom stereocenters. The summed E-state index contributed by atoms with van der Waals surface area (Å²) < 4.78 is 10.5. The monoisotopic (exact) mass is 280 g/mol. The fourth-order valence-corrected chi connectivity index (χ4v) is 2.84. The normalized spacial score (nSPS) is 24.4. The summed E-state index contributed by atoms with van der Waals surface area (Å²) in [7, 11) is 1.63. The van der Waals surface area contributed by atoms with Crippen LogP contribution in [0.1, 0.15) is 30.6 Å². The van der Waals surface area contributed by atoms with E-state index >= 15 is 0 Å². The number of aliphatic hydroxyl groups is 2. The second-order valence-corrected chi connectivity index (χ2v) is 5.60. The molecule has 0 spiro atoms. The zero-order valence-electron chi connectivity index (χ0n) is 12.2. The van der Waals surface area contributed by atoms with E-state index in [1.165, 1.54) is 5.56 Å². The van der Waals surface area contributed by atoms with E-state index in [1.807, 2.05) is 31.2 Å². The van der Waals surface area contributed by atoms with Crippen molar-refractivity contribution < 1.29 is 19.7 Å². The van der Waals surface area contributed by atoms with Gasteiger partial charge in [-0.25, -0.2) is 0 Å². The van der Waals surface area contributed by atoms with E-state index in [0.29, 0.717) is 13.0 Å². The zero-order valence-corrected chi connectivity index (χ0v) is 12.2. The Kier molecular flexibility index (Phi) is 5.54. The highest BCUT2D eigenvalue weighted by Gasteiger charge is 2.31. The average molecular weight is 280 g/mol. The predicted molar refractivity (Wildman–Crippen MR) is 76.5 cm³/mol. The Hall–Kier alpha value is -0.940. The fourth-order valence-electron chi connectivity index (χ4n) is 2.84. The lowest BCUT2D eigenvalue weighted by molar-refractivity contribution is -0.0424. The number of ether oxygens (including phenoxy) is 2. The van der Waals surface area contributed by atoms with Crippen molar-refractivity contribution in [2.45, 2.75) is 38.1 Å². The van der Waals surface area contributed by atoms with E-state index < -0.39 is 12.2 Å². The molecule has 2 rings (SSSR count). The van der Waals surface area contributed by atoms with E-state index in [4.69, 9.17) is 9.47 Å². The highest BCUT2D eigenvalue weighted by molar-refractivity contribution is 5.34. The van der Waals surface area contributed by atoms with Crippen molar-refractivity contribution in [3.63, 3.8) is 0 Å². The number of rotatable bonds is 7. The second-order valence-electron chi connectivity index (χ2n) is 5.60. The summed E-state index contributed by atoms with van der Waals surface area (Å²) in [6, 6.07) is 7.93. The number of benzene rings is 1. The summed E-state index contributed by atoms with van der Waals surface area (Å²) in [5, 5.41) is 20.3. The van der Waals surface area contributed by atoms with Crippen LogP contribution >= 0.6 is 0 Å². The quantitative estimate of drug-likeness (QED) is 0.798. The molecule has 1 aromatic rings. The molecule has 1 aliphatic carbocycles. The number of methoxy groups -OCH3 is 1. The minimum absolute atomic E-state index is 0.0275. The molecule has 20 heavy (non-hydrogen) atoms. The molecule has 0 aromatic heterocycles. The van der Waals surface area contributed by atoms with Gasteiger partial charge in [0.15, 0.2) is 0 Å². The highest BCUT2D eigenvalue weighted by Crippen LogP contribution is 2.38. The van der Waals surface area contributed by atoms with Crippen LogP contribution in [0.5, 0.6) is 0 Å². The fraction of sp³-hybridized carbons (Fsp3) is 0.625. The lowest BCUT2D eigenvalue weighted by Gasteiger charge is -2.20. The maximum atomic E-state index is 10.3. The first kappa shape index (κ1) is 15.4. The van der Waals surface area contributed by atoms with Crippen molar-refractivity contribution in [2.75, 3.05) is 20.3 Å². The van der Waals surface area contributed by atoms with Gasteiger partial charge in [0.2, 0.25) is 0 Å². The summed E-state index contributed by atoms with van der Waals surface area (Å²) >= 11 is 0. The first-order chi connectivity index (χ1) is 9.61. The molecule has 4 atom stereocenters. The van der Waals surface area contributed by atoms with E-state index in [9.17, 15) is 10.2 Å². The Balaban J connectivity index is 1.80. The van der Waals surface area contributed by atoms with Crippen LogP contribution < -0.4 is 0 Å². The van der Waals surface area contributed by atoms with E-state index in [0.717, 1.165) is 12.0 Å². The van der Waals surface area contributed by atoms with Crippen LogP contribution in [0.15, 0.2) is 24.3 Å². The number of aliphatic hydroxyl groups excluding tert-OH is 2. The Bertz CT molecular complexity index is 421. The van der Waals surface area contributed by atoms with Crippen molar-refractivity contribution >= 4 is 0 Å². The molecule has 0 saturated carbocycles. The van der Waals surface area contributed by atoms with Gasteiger partial charge in [-0.2, -0.15) is 0 Å². The average Bonchev–Trinajstić information content (AvgIpc) is 2.74. The maximum absolute atomic E-state index is 10.3. The molecule has 4 nitrogen and oxygen atoms in total. The van der Waals surface area contributed by atoms with Gasteiger partial charge >= 0.3 is 0 Å². The summed E-state index contributed by atoms with van der Waals surface area (Å²) in [4.78, 5) is 0. The largest absolute Gasteiger partial charge is 0.391 e. The molecule has 0 heterocycles. The third-order valence-corrected chi connectivity index (χ3v) is 3.85. The Morgan fingerprint density at radius 2 is 2.05 bits per heavy atom. The lowest BCUT2D eigenvalue weighted by atomic mass is 9.96. The Morgan fingerprint density at radius 3 is 2.75 bits per heavy atom. The minimum atomic E-state index is -0.553. The van der Waals surface area contributed by atoms with Crippen molar-refractivity contribution in [1.82, 2.24) is 0 Å². The molecule has 4 heteroatoms. The minimum Gasteiger partial charge on any atom is -0.391 e. The van der Waals surface area contributed by atoms with Crippen LogP contribution in [0.25, 0.3) is 0 Å². The van der Waals surface area contributed by atoms with Crippen LogP contribution in [0, 0.1) is 5.92 Å². The van der Waals surface area contributed by atoms with Crippen LogP contribution in [0.3, 0.4) is 0 Å². The highest BCUT2D eigenvalue weighted by atomic mass is 16.5. The number of fused-ring (bicyclic) bond motifs is 1. The van der Waals surface area contributed by atoms with Gasteiger partial charge in [-0.05, 0) is 36.8 Å². The molecule has 0 saturated heterocycles. The molecular formula is C16H24O4. The van der Waals surface area contributed by atoms with Crippen molar-refractivity contribution in [3.05, 3.63) is 35.4 Å². The first-order valence-electron chi connectivity index (χ1n) is 7.16. The summed E-state index contributed by atoms with van der Waals surface area (Å²) in [5.41, 5.74) is 2.18. The smallest absolute Gasteiger partial charge is 0.0825 e. The molecule has 2 N–H and O–H groups in total. The maximum Gasteiger partial charge on any atom is 0.0825 e. The SMILES string of the molecule is COCC(C)OCC(O)CC1Cc2ccccc2C1O. The molecular weight excluding hydrogens is 256 g/mol. The summed E-state index contributed by atoms with van der Waals surface area (Å²) in [6.45, 7) is 2.71. The third kappa shape index (κ3) is 3.79. The summed E-state index contributed by atoms with van der Waals surface area (Å²) in [6.07, 6.45) is 0.318. The lowest BCUT2D eigenvalue weighted by Crippen LogP contribution is -2.25. The van der Waals surface area contributed by atoms with Crippen molar-refractivity contribution in [3.8, 4) is 0 Å². The topological polar surface area (TPSA) is 58.9 Å². The second kappa shape index (κ2) is 7.18. The van der Waals surface area contributed by atoms with Crippen LogP contribution in [0.2, 0.25) is 0 Å². The van der Waals surface area contributed by atoms with E-state index in [-0.39, 0.29) is 18.6 Å². The molecule has 0 amide bonds. The molecule has 112 valence electrons. The Labute approximate surface area is 120 Å². The number of hydrogen-bond acceptors (Lipinski definition) is 4. The molecule has 0 radical (unpaired) electrons. The van der Waals surface area contributed by atoms with Crippen LogP contribution in [0.4, 0.5) is 0 Å². The molecule has 0 bridgehead atoms. The molecule has 0 aliphatic heterocycles. The van der Waals surface area contributed by atoms with Crippen molar-refractivity contribution in [2.24, 2.45) is 5.92 Å². The third-order valence-electron chi connectivity index (χ3n) is 3.85. The number of hydrogen-bond donors (Lipinski definition) is 2. The van der Waals surface area contributed by atoms with E-state index in [1.54, 1.807) is 7.11 Å². The van der Waals surface area contributed by atoms with Crippen LogP contribution in [-0.2, 0) is 15.9 Å². The van der Waals surface area contributed by atoms with Gasteiger partial charge in [-0.1, -0.05) is 24.3 Å². The van der Waals surface area contributed by atoms with Gasteiger partial charge < -0.3 is 19.7 Å². The standard InChI is InChI=1S/C16H24O4/c1-11(9-19-2)20-10-14(17)8-13-7-12-5-3-4-6-15(12)16(13)18/h3-6,11,13-14,16-18H,7-10H2,1-2H3. The van der Waals surface area contributed by atoms with Gasteiger partial charge in [0.1, 0.15) is 0 Å².